The Labute approximate surface area is 146 Å². The van der Waals surface area contributed by atoms with Gasteiger partial charge < -0.3 is 10.0 Å². The quantitative estimate of drug-likeness (QED) is 0.725. The molecule has 0 unspecified atom stereocenters. The smallest absolute Gasteiger partial charge is 0.224 e. The molecule has 134 valence electrons. The Morgan fingerprint density at radius 1 is 1.36 bits per heavy atom. The fraction of sp³-hybridized carbons (Fsp3) is 0.562. The Kier molecular flexibility index (Phi) is 5.67. The zero-order valence-corrected chi connectivity index (χ0v) is 14.3. The first kappa shape index (κ1) is 17.4. The first-order valence-corrected chi connectivity index (χ1v) is 8.47. The molecule has 1 saturated heterocycles. The molecule has 0 bridgehead atoms. The summed E-state index contributed by atoms with van der Waals surface area (Å²) in [4.78, 5) is 20.4. The average Bonchev–Trinajstić information content (AvgIpc) is 3.28. The number of amides is 1. The summed E-state index contributed by atoms with van der Waals surface area (Å²) in [5, 5.41) is 21.3. The molecule has 1 aliphatic rings. The second-order valence-corrected chi connectivity index (χ2v) is 6.17. The number of hydrogen-bond donors (Lipinski definition) is 1. The van der Waals surface area contributed by atoms with Gasteiger partial charge in [-0.3, -0.25) is 14.7 Å². The number of aliphatic hydroxyl groups is 1. The molecule has 3 heterocycles. The molecule has 0 aliphatic carbocycles. The zero-order chi connectivity index (χ0) is 17.6. The van der Waals surface area contributed by atoms with Crippen LogP contribution in [0.15, 0.2) is 30.9 Å². The summed E-state index contributed by atoms with van der Waals surface area (Å²) in [5.74, 6) is 0.0111. The van der Waals surface area contributed by atoms with Crippen LogP contribution in [-0.4, -0.2) is 77.8 Å². The number of likely N-dealkylation sites (N-methyl/N-ethyl adjacent to an activating group) is 1. The Morgan fingerprint density at radius 2 is 2.16 bits per heavy atom. The van der Waals surface area contributed by atoms with E-state index in [1.54, 1.807) is 17.3 Å². The molecule has 3 rings (SSSR count). The number of nitrogens with zero attached hydrogens (tertiary/aromatic N) is 7. The Balaban J connectivity index is 1.56. The van der Waals surface area contributed by atoms with Gasteiger partial charge in [-0.15, -0.1) is 5.10 Å². The van der Waals surface area contributed by atoms with Gasteiger partial charge in [0.15, 0.2) is 0 Å². The van der Waals surface area contributed by atoms with E-state index in [0.29, 0.717) is 26.1 Å². The van der Waals surface area contributed by atoms with Crippen molar-refractivity contribution in [3.63, 3.8) is 0 Å². The van der Waals surface area contributed by atoms with Crippen molar-refractivity contribution < 1.29 is 9.90 Å². The molecule has 0 aromatic carbocycles. The summed E-state index contributed by atoms with van der Waals surface area (Å²) in [5.41, 5.74) is 1.15. The van der Waals surface area contributed by atoms with Gasteiger partial charge in [-0.2, -0.15) is 0 Å². The van der Waals surface area contributed by atoms with Crippen LogP contribution in [0.25, 0.3) is 0 Å². The maximum atomic E-state index is 12.4. The number of rotatable bonds is 7. The van der Waals surface area contributed by atoms with Crippen molar-refractivity contribution in [2.24, 2.45) is 0 Å². The number of carbonyl (C=O) groups excluding carboxylic acids is 1. The number of aryl methyl sites for hydroxylation is 1. The largest absolute Gasteiger partial charge is 0.390 e. The average molecular weight is 345 g/mol. The van der Waals surface area contributed by atoms with Crippen molar-refractivity contribution in [2.45, 2.75) is 38.6 Å². The number of tetrazole rings is 1. The molecule has 1 fully saturated rings. The van der Waals surface area contributed by atoms with Crippen molar-refractivity contribution in [2.75, 3.05) is 19.6 Å². The predicted molar refractivity (Wildman–Crippen MR) is 89.1 cm³/mol. The van der Waals surface area contributed by atoms with E-state index in [9.17, 15) is 9.90 Å². The van der Waals surface area contributed by atoms with Crippen molar-refractivity contribution in [3.8, 4) is 0 Å². The van der Waals surface area contributed by atoms with E-state index in [2.05, 4.69) is 32.3 Å². The highest BCUT2D eigenvalue weighted by Crippen LogP contribution is 2.19. The number of hydrogen-bond acceptors (Lipinski definition) is 7. The lowest BCUT2D eigenvalue weighted by atomic mass is 10.1. The van der Waals surface area contributed by atoms with Gasteiger partial charge in [-0.1, -0.05) is 6.92 Å². The van der Waals surface area contributed by atoms with Crippen LogP contribution in [0.5, 0.6) is 0 Å². The van der Waals surface area contributed by atoms with E-state index in [1.165, 1.54) is 11.0 Å². The van der Waals surface area contributed by atoms with E-state index in [-0.39, 0.29) is 11.9 Å². The van der Waals surface area contributed by atoms with Crippen molar-refractivity contribution in [1.29, 1.82) is 0 Å². The number of carbonyl (C=O) groups is 1. The van der Waals surface area contributed by atoms with Crippen LogP contribution < -0.4 is 0 Å². The van der Waals surface area contributed by atoms with E-state index in [1.807, 2.05) is 12.1 Å². The standard InChI is InChI=1S/C16H23N7O2/c1-2-21(9-13-3-6-17-7-4-13)14-10-22(11-15(14)24)16(25)5-8-23-12-18-19-20-23/h3-4,6-7,12,14-15,24H,2,5,8-11H2,1H3/t14-,15-/m1/s1. The number of β-amino-alcohol motifs (C(OH)–C–C–N with tert-alkyl or cyclic N) is 1. The van der Waals surface area contributed by atoms with Gasteiger partial charge in [-0.25, -0.2) is 4.68 Å². The van der Waals surface area contributed by atoms with Crippen LogP contribution >= 0.6 is 0 Å². The number of pyridine rings is 1. The van der Waals surface area contributed by atoms with Crippen LogP contribution in [0.3, 0.4) is 0 Å². The van der Waals surface area contributed by atoms with E-state index >= 15 is 0 Å². The van der Waals surface area contributed by atoms with E-state index < -0.39 is 6.10 Å². The molecule has 2 atom stereocenters. The molecule has 0 radical (unpaired) electrons. The normalized spacial score (nSPS) is 20.4. The highest BCUT2D eigenvalue weighted by atomic mass is 16.3. The highest BCUT2D eigenvalue weighted by Gasteiger charge is 2.36. The van der Waals surface area contributed by atoms with E-state index in [4.69, 9.17) is 0 Å². The van der Waals surface area contributed by atoms with Gasteiger partial charge in [0.2, 0.25) is 5.91 Å². The minimum absolute atomic E-state index is 0.0111. The molecule has 1 amide bonds. The summed E-state index contributed by atoms with van der Waals surface area (Å²) < 4.78 is 1.53. The first-order valence-electron chi connectivity index (χ1n) is 8.47. The summed E-state index contributed by atoms with van der Waals surface area (Å²) in [6, 6.07) is 3.88. The van der Waals surface area contributed by atoms with Gasteiger partial charge in [0.05, 0.1) is 18.7 Å². The van der Waals surface area contributed by atoms with E-state index in [0.717, 1.165) is 18.7 Å². The highest BCUT2D eigenvalue weighted by molar-refractivity contribution is 5.76. The molecule has 1 N–H and O–H groups in total. The van der Waals surface area contributed by atoms with Gasteiger partial charge in [-0.05, 0) is 34.7 Å². The molecule has 0 spiro atoms. The second-order valence-electron chi connectivity index (χ2n) is 6.17. The van der Waals surface area contributed by atoms with Crippen molar-refractivity contribution >= 4 is 5.91 Å². The fourth-order valence-electron chi connectivity index (χ4n) is 3.17. The zero-order valence-electron chi connectivity index (χ0n) is 14.3. The molecule has 2 aromatic rings. The number of aromatic nitrogens is 5. The summed E-state index contributed by atoms with van der Waals surface area (Å²) in [6.07, 6.45) is 4.80. The van der Waals surface area contributed by atoms with Crippen molar-refractivity contribution in [1.82, 2.24) is 35.0 Å². The molecule has 0 saturated carbocycles. The Hall–Kier alpha value is -2.39. The van der Waals surface area contributed by atoms with Crippen LogP contribution in [0, 0.1) is 0 Å². The van der Waals surface area contributed by atoms with Gasteiger partial charge in [0, 0.05) is 38.4 Å². The molecule has 1 aliphatic heterocycles. The van der Waals surface area contributed by atoms with Crippen LogP contribution in [0.4, 0.5) is 0 Å². The third kappa shape index (κ3) is 4.37. The van der Waals surface area contributed by atoms with Crippen molar-refractivity contribution in [3.05, 3.63) is 36.4 Å². The van der Waals surface area contributed by atoms with Gasteiger partial charge in [0.25, 0.3) is 0 Å². The molecule has 2 aromatic heterocycles. The van der Waals surface area contributed by atoms with Crippen LogP contribution in [-0.2, 0) is 17.9 Å². The Morgan fingerprint density at radius 3 is 2.84 bits per heavy atom. The molecular formula is C16H23N7O2. The van der Waals surface area contributed by atoms with Crippen LogP contribution in [0.2, 0.25) is 0 Å². The van der Waals surface area contributed by atoms with Gasteiger partial charge >= 0.3 is 0 Å². The molecule has 9 heteroatoms. The second kappa shape index (κ2) is 8.13. The first-order chi connectivity index (χ1) is 12.2. The monoisotopic (exact) mass is 345 g/mol. The third-order valence-corrected chi connectivity index (χ3v) is 4.57. The summed E-state index contributed by atoms with van der Waals surface area (Å²) in [6.45, 7) is 4.94. The Bertz CT molecular complexity index is 664. The minimum atomic E-state index is -0.543. The molecular weight excluding hydrogens is 322 g/mol. The SMILES string of the molecule is CCN(Cc1ccncc1)[C@@H]1CN(C(=O)CCn2cnnn2)C[C@H]1O. The van der Waals surface area contributed by atoms with Gasteiger partial charge in [0.1, 0.15) is 6.33 Å². The maximum absolute atomic E-state index is 12.4. The lowest BCUT2D eigenvalue weighted by molar-refractivity contribution is -0.130. The van der Waals surface area contributed by atoms with Crippen LogP contribution in [0.1, 0.15) is 18.9 Å². The summed E-state index contributed by atoms with van der Waals surface area (Å²) >= 11 is 0. The fourth-order valence-corrected chi connectivity index (χ4v) is 3.17. The lowest BCUT2D eigenvalue weighted by Gasteiger charge is -2.29. The summed E-state index contributed by atoms with van der Waals surface area (Å²) in [7, 11) is 0. The number of aliphatic hydroxyl groups excluding tert-OH is 1. The lowest BCUT2D eigenvalue weighted by Crippen LogP contribution is -2.43. The topological polar surface area (TPSA) is 100 Å². The molecule has 9 nitrogen and oxygen atoms in total. The molecule has 25 heavy (non-hydrogen) atoms. The number of likely N-dealkylation sites (tertiary alicyclic amines) is 1. The minimum Gasteiger partial charge on any atom is -0.390 e. The maximum Gasteiger partial charge on any atom is 0.224 e. The third-order valence-electron chi connectivity index (χ3n) is 4.57. The predicted octanol–water partition coefficient (Wildman–Crippen LogP) is -0.448.